The van der Waals surface area contributed by atoms with Gasteiger partial charge in [0, 0.05) is 19.7 Å². The van der Waals surface area contributed by atoms with Crippen LogP contribution in [0.15, 0.2) is 41.7 Å². The van der Waals surface area contributed by atoms with E-state index in [9.17, 15) is 4.79 Å². The molecule has 5 nitrogen and oxygen atoms in total. The molecule has 1 amide bonds. The minimum atomic E-state index is 0.229. The van der Waals surface area contributed by atoms with Crippen molar-refractivity contribution in [1.29, 1.82) is 0 Å². The van der Waals surface area contributed by atoms with E-state index in [2.05, 4.69) is 21.7 Å². The van der Waals surface area contributed by atoms with Gasteiger partial charge in [-0.2, -0.15) is 0 Å². The number of carbonyl (C=O) groups is 1. The third-order valence-corrected chi connectivity index (χ3v) is 6.31. The first-order valence-electron chi connectivity index (χ1n) is 9.94. The van der Waals surface area contributed by atoms with Crippen molar-refractivity contribution in [2.24, 2.45) is 0 Å². The Morgan fingerprint density at radius 3 is 2.70 bits per heavy atom. The van der Waals surface area contributed by atoms with Crippen LogP contribution in [-0.4, -0.2) is 51.9 Å². The van der Waals surface area contributed by atoms with Crippen LogP contribution < -0.4 is 0 Å². The first-order chi connectivity index (χ1) is 13.3. The molecule has 1 aromatic heterocycles. The number of thioether (sulfide) groups is 1. The van der Waals surface area contributed by atoms with Gasteiger partial charge in [0.2, 0.25) is 5.91 Å². The molecule has 4 rings (SSSR count). The Hall–Kier alpha value is -1.79. The van der Waals surface area contributed by atoms with Crippen molar-refractivity contribution in [2.75, 3.05) is 25.4 Å². The van der Waals surface area contributed by atoms with Gasteiger partial charge in [0.05, 0.1) is 30.3 Å². The van der Waals surface area contributed by atoms with Gasteiger partial charge in [0.1, 0.15) is 0 Å². The molecule has 2 aliphatic heterocycles. The number of likely N-dealkylation sites (tertiary alicyclic amines) is 1. The van der Waals surface area contributed by atoms with Gasteiger partial charge < -0.3 is 14.2 Å². The standard InChI is InChI=1S/C21H27N3O2S/c25-20(23-11-5-2-6-12-23)16-27-21-22-14-19(17-8-3-1-4-9-17)24(21)15-18-10-7-13-26-18/h1,3-4,8-9,14,18H,2,5-7,10-13,15-16H2/t18-/m1/s1. The number of nitrogens with zero attached hydrogens (tertiary/aromatic N) is 3. The van der Waals surface area contributed by atoms with Gasteiger partial charge in [-0.1, -0.05) is 42.1 Å². The topological polar surface area (TPSA) is 47.4 Å². The highest BCUT2D eigenvalue weighted by Gasteiger charge is 2.22. The van der Waals surface area contributed by atoms with Crippen LogP contribution in [0.25, 0.3) is 11.3 Å². The van der Waals surface area contributed by atoms with Crippen LogP contribution >= 0.6 is 11.8 Å². The Morgan fingerprint density at radius 2 is 1.96 bits per heavy atom. The van der Waals surface area contributed by atoms with Crippen LogP contribution in [-0.2, 0) is 16.1 Å². The summed E-state index contributed by atoms with van der Waals surface area (Å²) in [5, 5.41) is 0.912. The summed E-state index contributed by atoms with van der Waals surface area (Å²) in [5.74, 6) is 0.684. The Kier molecular flexibility index (Phi) is 6.14. The van der Waals surface area contributed by atoms with E-state index in [-0.39, 0.29) is 12.0 Å². The summed E-state index contributed by atoms with van der Waals surface area (Å²) in [6, 6.07) is 10.3. The van der Waals surface area contributed by atoms with Gasteiger partial charge in [0.15, 0.2) is 5.16 Å². The molecule has 2 fully saturated rings. The molecule has 2 saturated heterocycles. The Labute approximate surface area is 165 Å². The monoisotopic (exact) mass is 385 g/mol. The number of benzene rings is 1. The first kappa shape index (κ1) is 18.6. The molecule has 144 valence electrons. The molecule has 6 heteroatoms. The Morgan fingerprint density at radius 1 is 1.15 bits per heavy atom. The van der Waals surface area contributed by atoms with Crippen molar-refractivity contribution < 1.29 is 9.53 Å². The fraction of sp³-hybridized carbons (Fsp3) is 0.524. The lowest BCUT2D eigenvalue weighted by Gasteiger charge is -2.26. The van der Waals surface area contributed by atoms with Gasteiger partial charge in [-0.25, -0.2) is 4.98 Å². The zero-order valence-electron chi connectivity index (χ0n) is 15.7. The van der Waals surface area contributed by atoms with Crippen LogP contribution in [0.4, 0.5) is 0 Å². The zero-order chi connectivity index (χ0) is 18.5. The summed E-state index contributed by atoms with van der Waals surface area (Å²) in [5.41, 5.74) is 2.25. The molecular formula is C21H27N3O2S. The molecule has 0 aliphatic carbocycles. The number of rotatable bonds is 6. The summed E-state index contributed by atoms with van der Waals surface area (Å²) >= 11 is 1.55. The molecule has 0 N–H and O–H groups in total. The van der Waals surface area contributed by atoms with Crippen molar-refractivity contribution in [1.82, 2.24) is 14.5 Å². The van der Waals surface area contributed by atoms with Gasteiger partial charge >= 0.3 is 0 Å². The number of carbonyl (C=O) groups excluding carboxylic acids is 1. The van der Waals surface area contributed by atoms with Crippen molar-refractivity contribution in [3.63, 3.8) is 0 Å². The first-order valence-corrected chi connectivity index (χ1v) is 10.9. The molecule has 0 spiro atoms. The average molecular weight is 386 g/mol. The van der Waals surface area contributed by atoms with Crippen molar-refractivity contribution >= 4 is 17.7 Å². The van der Waals surface area contributed by atoms with Crippen LogP contribution in [0.3, 0.4) is 0 Å². The smallest absolute Gasteiger partial charge is 0.233 e. The maximum atomic E-state index is 12.5. The second-order valence-corrected chi connectivity index (χ2v) is 8.21. The fourth-order valence-electron chi connectivity index (χ4n) is 3.84. The van der Waals surface area contributed by atoms with Crippen molar-refractivity contribution in [3.8, 4) is 11.3 Å². The second kappa shape index (κ2) is 8.93. The predicted octanol–water partition coefficient (Wildman–Crippen LogP) is 3.83. The largest absolute Gasteiger partial charge is 0.376 e. The van der Waals surface area contributed by atoms with E-state index >= 15 is 0 Å². The SMILES string of the molecule is O=C(CSc1ncc(-c2ccccc2)n1C[C@H]1CCCO1)N1CCCCC1. The lowest BCUT2D eigenvalue weighted by Crippen LogP contribution is -2.36. The van der Waals surface area contributed by atoms with Crippen molar-refractivity contribution in [3.05, 3.63) is 36.5 Å². The molecule has 0 radical (unpaired) electrons. The quantitative estimate of drug-likeness (QED) is 0.709. The van der Waals surface area contributed by atoms with E-state index in [1.165, 1.54) is 6.42 Å². The average Bonchev–Trinajstić information content (AvgIpc) is 3.38. The summed E-state index contributed by atoms with van der Waals surface area (Å²) in [6.45, 7) is 3.44. The number of ether oxygens (including phenoxy) is 1. The lowest BCUT2D eigenvalue weighted by molar-refractivity contribution is -0.129. The highest BCUT2D eigenvalue weighted by molar-refractivity contribution is 7.99. The molecule has 1 atom stereocenters. The van der Waals surface area contributed by atoms with E-state index in [4.69, 9.17) is 4.74 Å². The number of aromatic nitrogens is 2. The van der Waals surface area contributed by atoms with Crippen LogP contribution in [0, 0.1) is 0 Å². The molecule has 3 heterocycles. The normalized spacial score (nSPS) is 20.1. The third kappa shape index (κ3) is 4.55. The minimum Gasteiger partial charge on any atom is -0.376 e. The fourth-order valence-corrected chi connectivity index (χ4v) is 4.73. The molecule has 0 saturated carbocycles. The second-order valence-electron chi connectivity index (χ2n) is 7.27. The van der Waals surface area contributed by atoms with Crippen molar-refractivity contribution in [2.45, 2.75) is 49.9 Å². The van der Waals surface area contributed by atoms with Crippen LogP contribution in [0.5, 0.6) is 0 Å². The summed E-state index contributed by atoms with van der Waals surface area (Å²) in [6.07, 6.45) is 7.86. The number of piperidine rings is 1. The van der Waals surface area contributed by atoms with E-state index in [1.807, 2.05) is 29.3 Å². The number of amides is 1. The highest BCUT2D eigenvalue weighted by atomic mass is 32.2. The molecule has 0 unspecified atom stereocenters. The Bertz CT molecular complexity index is 750. The molecular weight excluding hydrogens is 358 g/mol. The van der Waals surface area contributed by atoms with E-state index in [0.717, 1.165) is 68.3 Å². The van der Waals surface area contributed by atoms with Crippen LogP contribution in [0.1, 0.15) is 32.1 Å². The molecule has 2 aliphatic rings. The van der Waals surface area contributed by atoms with Gasteiger partial charge in [0.25, 0.3) is 0 Å². The van der Waals surface area contributed by atoms with E-state index in [0.29, 0.717) is 5.75 Å². The molecule has 2 aromatic rings. The molecule has 1 aromatic carbocycles. The number of imidazole rings is 1. The predicted molar refractivity (Wildman–Crippen MR) is 108 cm³/mol. The number of hydrogen-bond donors (Lipinski definition) is 0. The summed E-state index contributed by atoms with van der Waals surface area (Å²) in [4.78, 5) is 19.2. The minimum absolute atomic E-state index is 0.229. The molecule has 0 bridgehead atoms. The third-order valence-electron chi connectivity index (χ3n) is 5.33. The van der Waals surface area contributed by atoms with E-state index in [1.54, 1.807) is 11.8 Å². The molecule has 27 heavy (non-hydrogen) atoms. The summed E-state index contributed by atoms with van der Waals surface area (Å²) in [7, 11) is 0. The maximum Gasteiger partial charge on any atom is 0.233 e. The number of hydrogen-bond acceptors (Lipinski definition) is 4. The van der Waals surface area contributed by atoms with Gasteiger partial charge in [-0.05, 0) is 37.7 Å². The Balaban J connectivity index is 1.50. The van der Waals surface area contributed by atoms with Gasteiger partial charge in [-0.3, -0.25) is 4.79 Å². The summed E-state index contributed by atoms with van der Waals surface area (Å²) < 4.78 is 8.10. The van der Waals surface area contributed by atoms with Crippen LogP contribution in [0.2, 0.25) is 0 Å². The zero-order valence-corrected chi connectivity index (χ0v) is 16.5. The lowest BCUT2D eigenvalue weighted by atomic mass is 10.1. The highest BCUT2D eigenvalue weighted by Crippen LogP contribution is 2.28. The van der Waals surface area contributed by atoms with E-state index < -0.39 is 0 Å². The maximum absolute atomic E-state index is 12.5. The van der Waals surface area contributed by atoms with Gasteiger partial charge in [-0.15, -0.1) is 0 Å².